The lowest BCUT2D eigenvalue weighted by atomic mass is 9.77. The van der Waals surface area contributed by atoms with Gasteiger partial charge in [-0.25, -0.2) is 4.79 Å². The second kappa shape index (κ2) is 9.27. The zero-order valence-corrected chi connectivity index (χ0v) is 18.5. The van der Waals surface area contributed by atoms with Gasteiger partial charge in [-0.05, 0) is 25.8 Å². The van der Waals surface area contributed by atoms with Crippen LogP contribution in [-0.2, 0) is 38.0 Å². The Morgan fingerprint density at radius 2 is 1.97 bits per heavy atom. The first kappa shape index (κ1) is 24.3. The molecule has 3 heterocycles. The molecule has 176 valence electrons. The van der Waals surface area contributed by atoms with Crippen molar-refractivity contribution in [2.24, 2.45) is 11.8 Å². The molecule has 2 N–H and O–H groups in total. The molecule has 32 heavy (non-hydrogen) atoms. The molecule has 0 aromatic carbocycles. The molecule has 0 saturated carbocycles. The number of hydrogen-bond donors (Lipinski definition) is 2. The predicted molar refractivity (Wildman–Crippen MR) is 108 cm³/mol. The molecule has 4 unspecified atom stereocenters. The van der Waals surface area contributed by atoms with E-state index in [1.165, 1.54) is 6.92 Å². The number of carbonyl (C=O) groups excluding carboxylic acids is 4. The molecule has 0 radical (unpaired) electrons. The summed E-state index contributed by atoms with van der Waals surface area (Å²) in [4.78, 5) is 68.0. The molecule has 12 heteroatoms. The lowest BCUT2D eigenvalue weighted by molar-refractivity contribution is -0.155. The minimum Gasteiger partial charge on any atom is -0.464 e. The smallest absolute Gasteiger partial charge is 0.333 e. The van der Waals surface area contributed by atoms with E-state index >= 15 is 0 Å². The van der Waals surface area contributed by atoms with E-state index in [4.69, 9.17) is 24.0 Å². The molecule has 3 aliphatic heterocycles. The maximum Gasteiger partial charge on any atom is 0.333 e. The number of likely N-dealkylation sites (tertiary alicyclic amines) is 1. The van der Waals surface area contributed by atoms with Gasteiger partial charge < -0.3 is 24.0 Å². The van der Waals surface area contributed by atoms with Crippen LogP contribution in [0, 0.1) is 11.8 Å². The largest absolute Gasteiger partial charge is 0.464 e. The van der Waals surface area contributed by atoms with Crippen LogP contribution < -0.4 is 0 Å². The quantitative estimate of drug-likeness (QED) is 0.107. The lowest BCUT2D eigenvalue weighted by Gasteiger charge is -2.28. The SMILES string of the molecule is C=C(C)C(=O)OCC12C=CC(O1)C1C(=O)N(CCOC(=O)CCCCP(=O)(O)O)C(=O)C12. The van der Waals surface area contributed by atoms with E-state index in [-0.39, 0.29) is 50.8 Å². The minimum absolute atomic E-state index is 0.0236. The second-order valence-corrected chi connectivity index (χ2v) is 9.93. The topological polar surface area (TPSA) is 157 Å². The van der Waals surface area contributed by atoms with Crippen molar-refractivity contribution < 1.29 is 47.7 Å². The van der Waals surface area contributed by atoms with Crippen LogP contribution in [0.15, 0.2) is 24.3 Å². The fourth-order valence-corrected chi connectivity index (χ4v) is 4.79. The van der Waals surface area contributed by atoms with Crippen molar-refractivity contribution >= 4 is 31.3 Å². The molecule has 2 amide bonds. The van der Waals surface area contributed by atoms with E-state index in [9.17, 15) is 23.7 Å². The van der Waals surface area contributed by atoms with E-state index in [1.54, 1.807) is 12.2 Å². The van der Waals surface area contributed by atoms with Crippen LogP contribution in [0.25, 0.3) is 0 Å². The zero-order valence-electron chi connectivity index (χ0n) is 17.6. The summed E-state index contributed by atoms with van der Waals surface area (Å²) in [6.45, 7) is 4.48. The molecular weight excluding hydrogens is 445 g/mol. The summed E-state index contributed by atoms with van der Waals surface area (Å²) in [6, 6.07) is 0. The summed E-state index contributed by atoms with van der Waals surface area (Å²) in [5, 5.41) is 0. The van der Waals surface area contributed by atoms with Crippen molar-refractivity contribution in [2.45, 2.75) is 37.9 Å². The third-order valence-corrected chi connectivity index (χ3v) is 6.58. The Morgan fingerprint density at radius 3 is 2.62 bits per heavy atom. The van der Waals surface area contributed by atoms with E-state index in [1.807, 2.05) is 0 Å². The number of amides is 2. The van der Waals surface area contributed by atoms with E-state index < -0.39 is 54.9 Å². The molecule has 0 spiro atoms. The van der Waals surface area contributed by atoms with Crippen LogP contribution >= 0.6 is 7.60 Å². The van der Waals surface area contributed by atoms with Crippen molar-refractivity contribution in [3.05, 3.63) is 24.3 Å². The van der Waals surface area contributed by atoms with Gasteiger partial charge >= 0.3 is 19.5 Å². The third kappa shape index (κ3) is 5.01. The average Bonchev–Trinajstić information content (AvgIpc) is 3.34. The first-order chi connectivity index (χ1) is 14.9. The van der Waals surface area contributed by atoms with Gasteiger partial charge in [-0.3, -0.25) is 23.8 Å². The number of rotatable bonds is 11. The van der Waals surface area contributed by atoms with Gasteiger partial charge in [0.2, 0.25) is 11.8 Å². The van der Waals surface area contributed by atoms with Crippen LogP contribution in [0.4, 0.5) is 0 Å². The van der Waals surface area contributed by atoms with Crippen molar-refractivity contribution in [2.75, 3.05) is 25.9 Å². The first-order valence-electron chi connectivity index (χ1n) is 10.2. The standard InChI is InChI=1S/C20H26NO10P/c1-12(2)19(25)30-11-20-7-6-13(31-20)15-16(20)18(24)21(17(15)23)8-9-29-14(22)5-3-4-10-32(26,27)28/h6-7,13,15-16H,1,3-5,8-11H2,2H3,(H2,26,27,28). The van der Waals surface area contributed by atoms with Gasteiger partial charge in [-0.1, -0.05) is 12.7 Å². The number of hydrogen-bond acceptors (Lipinski definition) is 8. The highest BCUT2D eigenvalue weighted by molar-refractivity contribution is 7.51. The number of carbonyl (C=O) groups is 4. The molecule has 0 aromatic rings. The molecule has 11 nitrogen and oxygen atoms in total. The van der Waals surface area contributed by atoms with Crippen molar-refractivity contribution in [1.82, 2.24) is 4.90 Å². The fourth-order valence-electron chi connectivity index (χ4n) is 4.16. The maximum absolute atomic E-state index is 13.0. The molecule has 2 fully saturated rings. The average molecular weight is 471 g/mol. The van der Waals surface area contributed by atoms with Crippen LogP contribution in [-0.4, -0.2) is 76.1 Å². The summed E-state index contributed by atoms with van der Waals surface area (Å²) in [6.07, 6.45) is 2.84. The zero-order chi connectivity index (χ0) is 23.7. The summed E-state index contributed by atoms with van der Waals surface area (Å²) < 4.78 is 26.9. The van der Waals surface area contributed by atoms with Gasteiger partial charge in [-0.2, -0.15) is 0 Å². The molecule has 3 rings (SSSR count). The number of fused-ring (bicyclic) bond motifs is 5. The molecule has 0 aromatic heterocycles. The number of unbranched alkanes of at least 4 members (excludes halogenated alkanes) is 1. The monoisotopic (exact) mass is 471 g/mol. The van der Waals surface area contributed by atoms with E-state index in [2.05, 4.69) is 6.58 Å². The summed E-state index contributed by atoms with van der Waals surface area (Å²) in [5.41, 5.74) is -1.01. The molecule has 0 aliphatic carbocycles. The van der Waals surface area contributed by atoms with Gasteiger partial charge in [0.05, 0.1) is 24.5 Å². The molecule has 2 saturated heterocycles. The third-order valence-electron chi connectivity index (χ3n) is 5.68. The van der Waals surface area contributed by atoms with Crippen LogP contribution in [0.1, 0.15) is 26.2 Å². The Kier molecular flexibility index (Phi) is 7.04. The van der Waals surface area contributed by atoms with Gasteiger partial charge in [0.25, 0.3) is 0 Å². The van der Waals surface area contributed by atoms with Crippen LogP contribution in [0.2, 0.25) is 0 Å². The highest BCUT2D eigenvalue weighted by Crippen LogP contribution is 2.51. The molecule has 4 atom stereocenters. The number of nitrogens with zero attached hydrogens (tertiary/aromatic N) is 1. The molecule has 2 bridgehead atoms. The van der Waals surface area contributed by atoms with Gasteiger partial charge in [0.15, 0.2) is 0 Å². The second-order valence-electron chi connectivity index (χ2n) is 8.15. The summed E-state index contributed by atoms with van der Waals surface area (Å²) in [7, 11) is -4.09. The molecule has 3 aliphatic rings. The Bertz CT molecular complexity index is 908. The van der Waals surface area contributed by atoms with Crippen molar-refractivity contribution in [3.63, 3.8) is 0 Å². The van der Waals surface area contributed by atoms with Crippen molar-refractivity contribution in [3.8, 4) is 0 Å². The van der Waals surface area contributed by atoms with E-state index in [0.717, 1.165) is 4.90 Å². The number of esters is 2. The Balaban J connectivity index is 1.51. The lowest BCUT2D eigenvalue weighted by Crippen LogP contribution is -2.45. The fraction of sp³-hybridized carbons (Fsp3) is 0.600. The number of ether oxygens (including phenoxy) is 3. The Labute approximate surface area is 184 Å². The highest BCUT2D eigenvalue weighted by Gasteiger charge is 2.68. The van der Waals surface area contributed by atoms with Crippen LogP contribution in [0.5, 0.6) is 0 Å². The predicted octanol–water partition coefficient (Wildman–Crippen LogP) is 0.305. The summed E-state index contributed by atoms with van der Waals surface area (Å²) in [5.74, 6) is -3.66. The van der Waals surface area contributed by atoms with Gasteiger partial charge in [-0.15, -0.1) is 0 Å². The molecular formula is C20H26NO10P. The normalized spacial score (nSPS) is 28.2. The highest BCUT2D eigenvalue weighted by atomic mass is 31.2. The van der Waals surface area contributed by atoms with Gasteiger partial charge in [0.1, 0.15) is 18.8 Å². The first-order valence-corrected chi connectivity index (χ1v) is 12.0. The Morgan fingerprint density at radius 1 is 1.25 bits per heavy atom. The van der Waals surface area contributed by atoms with Crippen molar-refractivity contribution in [1.29, 1.82) is 0 Å². The number of imide groups is 1. The van der Waals surface area contributed by atoms with Crippen LogP contribution in [0.3, 0.4) is 0 Å². The van der Waals surface area contributed by atoms with E-state index in [0.29, 0.717) is 0 Å². The maximum atomic E-state index is 13.0. The summed E-state index contributed by atoms with van der Waals surface area (Å²) >= 11 is 0. The van der Waals surface area contributed by atoms with Gasteiger partial charge in [0, 0.05) is 18.2 Å². The minimum atomic E-state index is -4.09. The Hall–Kier alpha value is -2.33.